The first kappa shape index (κ1) is 29.5. The number of esters is 1. The minimum Gasteiger partial charge on any atom is -0.431 e. The van der Waals surface area contributed by atoms with Gasteiger partial charge in [0.1, 0.15) is 11.4 Å². The van der Waals surface area contributed by atoms with Crippen LogP contribution in [0.4, 0.5) is 47.8 Å². The Morgan fingerprint density at radius 1 is 0.775 bits per heavy atom. The van der Waals surface area contributed by atoms with Gasteiger partial charge in [-0.3, -0.25) is 25.0 Å². The summed E-state index contributed by atoms with van der Waals surface area (Å²) >= 11 is 0. The van der Waals surface area contributed by atoms with Crippen LogP contribution in [0.2, 0.25) is 0 Å². The number of alkyl halides is 6. The highest BCUT2D eigenvalue weighted by atomic mass is 19.4. The maximum Gasteiger partial charge on any atom is 0.442 e. The zero-order chi connectivity index (χ0) is 30.0. The van der Waals surface area contributed by atoms with Gasteiger partial charge in [-0.2, -0.15) is 26.3 Å². The number of nitrogens with one attached hydrogen (secondary N) is 1. The van der Waals surface area contributed by atoms with Crippen LogP contribution in [-0.4, -0.2) is 34.1 Å². The van der Waals surface area contributed by atoms with E-state index in [9.17, 15) is 60.6 Å². The molecule has 0 saturated heterocycles. The number of benzene rings is 3. The highest BCUT2D eigenvalue weighted by Gasteiger charge is 2.75. The van der Waals surface area contributed by atoms with Crippen molar-refractivity contribution in [3.8, 4) is 0 Å². The lowest BCUT2D eigenvalue weighted by Gasteiger charge is -2.36. The van der Waals surface area contributed by atoms with Gasteiger partial charge in [0.2, 0.25) is 0 Å². The molecule has 17 heteroatoms. The second-order valence-corrected chi connectivity index (χ2v) is 7.82. The van der Waals surface area contributed by atoms with Gasteiger partial charge in [0.15, 0.2) is 0 Å². The summed E-state index contributed by atoms with van der Waals surface area (Å²) in [6.45, 7) is 0. The number of halogens is 7. The molecule has 210 valence electrons. The Labute approximate surface area is 217 Å². The number of rotatable bonds is 7. The number of non-ortho nitro benzene ring substituents is 1. The Morgan fingerprint density at radius 3 is 1.80 bits per heavy atom. The Bertz CT molecular complexity index is 1460. The Morgan fingerprint density at radius 2 is 1.32 bits per heavy atom. The summed E-state index contributed by atoms with van der Waals surface area (Å²) in [5.74, 6) is -4.27. The van der Waals surface area contributed by atoms with Crippen LogP contribution >= 0.6 is 0 Å². The number of carbonyl (C=O) groups excluding carboxylic acids is 2. The van der Waals surface area contributed by atoms with Gasteiger partial charge in [-0.1, -0.05) is 12.1 Å². The van der Waals surface area contributed by atoms with Crippen molar-refractivity contribution in [3.63, 3.8) is 0 Å². The number of carbonyl (C=O) groups is 2. The molecule has 0 saturated carbocycles. The fraction of sp³-hybridized carbons (Fsp3) is 0.130. The van der Waals surface area contributed by atoms with Crippen molar-refractivity contribution in [3.05, 3.63) is 109 Å². The molecule has 0 heterocycles. The average Bonchev–Trinajstić information content (AvgIpc) is 2.86. The van der Waals surface area contributed by atoms with Crippen LogP contribution in [0.25, 0.3) is 0 Å². The van der Waals surface area contributed by atoms with E-state index in [0.29, 0.717) is 42.5 Å². The summed E-state index contributed by atoms with van der Waals surface area (Å²) in [6, 6.07) is 6.08. The third-order valence-electron chi connectivity index (χ3n) is 5.31. The lowest BCUT2D eigenvalue weighted by Crippen LogP contribution is -2.56. The first-order valence-electron chi connectivity index (χ1n) is 10.4. The molecule has 0 atom stereocenters. The predicted molar refractivity (Wildman–Crippen MR) is 120 cm³/mol. The summed E-state index contributed by atoms with van der Waals surface area (Å²) in [5.41, 5.74) is -10.5. The normalized spacial score (nSPS) is 12.0. The molecule has 0 fully saturated rings. The lowest BCUT2D eigenvalue weighted by atomic mass is 9.91. The summed E-state index contributed by atoms with van der Waals surface area (Å²) in [4.78, 5) is 44.8. The molecule has 1 N–H and O–H groups in total. The second kappa shape index (κ2) is 10.6. The summed E-state index contributed by atoms with van der Waals surface area (Å²) in [6.07, 6.45) is -12.5. The van der Waals surface area contributed by atoms with E-state index in [4.69, 9.17) is 0 Å². The van der Waals surface area contributed by atoms with E-state index in [2.05, 4.69) is 4.74 Å². The van der Waals surface area contributed by atoms with Gasteiger partial charge in [-0.05, 0) is 42.5 Å². The van der Waals surface area contributed by atoms with Crippen molar-refractivity contribution in [2.24, 2.45) is 0 Å². The minimum atomic E-state index is -6.26. The molecule has 0 aliphatic rings. The van der Waals surface area contributed by atoms with Crippen molar-refractivity contribution < 1.29 is 54.9 Å². The third kappa shape index (κ3) is 5.67. The van der Waals surface area contributed by atoms with Gasteiger partial charge >= 0.3 is 23.9 Å². The molecule has 0 aromatic heterocycles. The van der Waals surface area contributed by atoms with Gasteiger partial charge < -0.3 is 10.1 Å². The van der Waals surface area contributed by atoms with Crippen LogP contribution in [0, 0.1) is 26.0 Å². The molecule has 0 aliphatic carbocycles. The summed E-state index contributed by atoms with van der Waals surface area (Å²) in [7, 11) is 0. The number of amides is 1. The maximum atomic E-state index is 14.0. The first-order chi connectivity index (χ1) is 18.5. The van der Waals surface area contributed by atoms with Gasteiger partial charge in [-0.25, -0.2) is 9.18 Å². The zero-order valence-electron chi connectivity index (χ0n) is 19.2. The van der Waals surface area contributed by atoms with E-state index in [0.717, 1.165) is 12.1 Å². The molecule has 40 heavy (non-hydrogen) atoms. The fourth-order valence-electron chi connectivity index (χ4n) is 3.41. The molecule has 1 amide bonds. The average molecular weight is 575 g/mol. The van der Waals surface area contributed by atoms with Crippen molar-refractivity contribution >= 4 is 28.9 Å². The van der Waals surface area contributed by atoms with E-state index >= 15 is 0 Å². The van der Waals surface area contributed by atoms with Gasteiger partial charge in [0, 0.05) is 17.3 Å². The summed E-state index contributed by atoms with van der Waals surface area (Å²) < 4.78 is 101. The maximum absolute atomic E-state index is 14.0. The number of ether oxygens (including phenoxy) is 1. The first-order valence-corrected chi connectivity index (χ1v) is 10.4. The minimum absolute atomic E-state index is 0.249. The van der Waals surface area contributed by atoms with E-state index < -0.39 is 79.2 Å². The van der Waals surface area contributed by atoms with Gasteiger partial charge in [0.05, 0.1) is 21.5 Å². The smallest absolute Gasteiger partial charge is 0.431 e. The predicted octanol–water partition coefficient (Wildman–Crippen LogP) is 6.07. The van der Waals surface area contributed by atoms with E-state index in [-0.39, 0.29) is 12.1 Å². The van der Waals surface area contributed by atoms with Crippen LogP contribution in [-0.2, 0) is 10.3 Å². The second-order valence-electron chi connectivity index (χ2n) is 7.82. The van der Waals surface area contributed by atoms with E-state index in [1.54, 1.807) is 0 Å². The molecule has 0 aliphatic heterocycles. The summed E-state index contributed by atoms with van der Waals surface area (Å²) in [5, 5.41) is 24.1. The van der Waals surface area contributed by atoms with Crippen molar-refractivity contribution in [2.75, 3.05) is 5.32 Å². The largest absolute Gasteiger partial charge is 0.442 e. The van der Waals surface area contributed by atoms with E-state index in [1.165, 1.54) is 0 Å². The van der Waals surface area contributed by atoms with Crippen LogP contribution < -0.4 is 5.32 Å². The topological polar surface area (TPSA) is 142 Å². The molecule has 3 aromatic rings. The van der Waals surface area contributed by atoms with Crippen LogP contribution in [0.5, 0.6) is 0 Å². The molecular weight excluding hydrogens is 563 g/mol. The van der Waals surface area contributed by atoms with Gasteiger partial charge in [-0.15, -0.1) is 0 Å². The molecule has 0 radical (unpaired) electrons. The Hall–Kier alpha value is -5.09. The number of anilines is 1. The van der Waals surface area contributed by atoms with Gasteiger partial charge in [0.25, 0.3) is 17.3 Å². The van der Waals surface area contributed by atoms with Crippen molar-refractivity contribution in [1.29, 1.82) is 0 Å². The number of hydrogen-bond acceptors (Lipinski definition) is 7. The van der Waals surface area contributed by atoms with Crippen molar-refractivity contribution in [2.45, 2.75) is 18.0 Å². The standard InChI is InChI=1S/C23H12F7N3O7/c24-14-5-1-12(2-6-14)20(35)40-21(22(25,26)27,23(28,29)30)13-3-7-15(8-4-13)31-19(34)17-10-9-16(32(36)37)11-18(17)33(38)39/h1-11H,(H,31,34). The molecule has 0 unspecified atom stereocenters. The van der Waals surface area contributed by atoms with Crippen LogP contribution in [0.15, 0.2) is 66.7 Å². The fourth-order valence-corrected chi connectivity index (χ4v) is 3.41. The number of nitro groups is 2. The SMILES string of the molecule is O=C(OC(c1ccc(NC(=O)c2ccc([N+](=O)[O-])cc2[N+](=O)[O-])cc1)(C(F)(F)F)C(F)(F)F)c1ccc(F)cc1. The third-order valence-corrected chi connectivity index (χ3v) is 5.31. The van der Waals surface area contributed by atoms with Crippen LogP contribution in [0.1, 0.15) is 26.3 Å². The quantitative estimate of drug-likeness (QED) is 0.156. The highest BCUT2D eigenvalue weighted by molar-refractivity contribution is 6.07. The molecule has 3 aromatic carbocycles. The van der Waals surface area contributed by atoms with E-state index in [1.807, 2.05) is 5.32 Å². The Kier molecular flexibility index (Phi) is 7.80. The molecular formula is C23H12F7N3O7. The number of hydrogen-bond donors (Lipinski definition) is 1. The highest BCUT2D eigenvalue weighted by Crippen LogP contribution is 2.53. The van der Waals surface area contributed by atoms with Crippen molar-refractivity contribution in [1.82, 2.24) is 0 Å². The van der Waals surface area contributed by atoms with Crippen LogP contribution in [0.3, 0.4) is 0 Å². The zero-order valence-corrected chi connectivity index (χ0v) is 19.2. The molecule has 10 nitrogen and oxygen atoms in total. The number of nitrogens with zero attached hydrogens (tertiary/aromatic N) is 2. The monoisotopic (exact) mass is 575 g/mol. The molecule has 0 bridgehead atoms. The molecule has 0 spiro atoms. The number of nitro benzene ring substituents is 2. The molecule has 3 rings (SSSR count). The Balaban J connectivity index is 1.99. The lowest BCUT2D eigenvalue weighted by molar-refractivity contribution is -0.394.